The van der Waals surface area contributed by atoms with Crippen molar-refractivity contribution in [2.45, 2.75) is 26.3 Å². The van der Waals surface area contributed by atoms with Gasteiger partial charge in [0.25, 0.3) is 5.91 Å². The Balaban J connectivity index is 2.18. The molecular weight excluding hydrogens is 274 g/mol. The lowest BCUT2D eigenvalue weighted by atomic mass is 9.98. The molecule has 0 aliphatic carbocycles. The van der Waals surface area contributed by atoms with Crippen molar-refractivity contribution in [2.24, 2.45) is 0 Å². The molecule has 0 heterocycles. The Kier molecular flexibility index (Phi) is 3.28. The SMILES string of the molecule is CC(C)(C)NC(=O)c1ccc2c(ccc3ccccc32)c1[O]. The van der Waals surface area contributed by atoms with Gasteiger partial charge in [0.05, 0.1) is 5.56 Å². The molecule has 3 heteroatoms. The van der Waals surface area contributed by atoms with Crippen molar-refractivity contribution < 1.29 is 9.90 Å². The van der Waals surface area contributed by atoms with Crippen LogP contribution in [0.4, 0.5) is 0 Å². The van der Waals surface area contributed by atoms with Crippen molar-refractivity contribution in [2.75, 3.05) is 0 Å². The highest BCUT2D eigenvalue weighted by atomic mass is 16.3. The fourth-order valence-electron chi connectivity index (χ4n) is 2.65. The Morgan fingerprint density at radius 2 is 1.55 bits per heavy atom. The van der Waals surface area contributed by atoms with Crippen LogP contribution in [0.15, 0.2) is 48.5 Å². The van der Waals surface area contributed by atoms with Crippen LogP contribution >= 0.6 is 0 Å². The third kappa shape index (κ3) is 2.50. The maximum absolute atomic E-state index is 12.6. The van der Waals surface area contributed by atoms with Crippen LogP contribution < -0.4 is 5.32 Å². The predicted molar refractivity (Wildman–Crippen MR) is 88.8 cm³/mol. The molecule has 111 valence electrons. The normalized spacial score (nSPS) is 11.8. The predicted octanol–water partition coefficient (Wildman–Crippen LogP) is 4.67. The average molecular weight is 292 g/mol. The monoisotopic (exact) mass is 292 g/mol. The van der Waals surface area contributed by atoms with Crippen LogP contribution in [0.1, 0.15) is 31.1 Å². The van der Waals surface area contributed by atoms with Crippen LogP contribution in [0, 0.1) is 0 Å². The minimum Gasteiger partial charge on any atom is -0.347 e. The van der Waals surface area contributed by atoms with Gasteiger partial charge in [0.1, 0.15) is 0 Å². The maximum atomic E-state index is 12.6. The van der Waals surface area contributed by atoms with E-state index < -0.39 is 0 Å². The molecule has 1 amide bonds. The van der Waals surface area contributed by atoms with Crippen LogP contribution in [0.25, 0.3) is 21.5 Å². The van der Waals surface area contributed by atoms with Crippen LogP contribution in [-0.2, 0) is 5.11 Å². The summed E-state index contributed by atoms with van der Waals surface area (Å²) in [5, 5.41) is 19.1. The summed E-state index contributed by atoms with van der Waals surface area (Å²) < 4.78 is 0. The Morgan fingerprint density at radius 1 is 0.864 bits per heavy atom. The van der Waals surface area contributed by atoms with E-state index in [0.717, 1.165) is 16.2 Å². The van der Waals surface area contributed by atoms with E-state index in [9.17, 15) is 9.90 Å². The fourth-order valence-corrected chi connectivity index (χ4v) is 2.65. The van der Waals surface area contributed by atoms with Crippen molar-refractivity contribution in [3.63, 3.8) is 0 Å². The number of rotatable bonds is 1. The van der Waals surface area contributed by atoms with Gasteiger partial charge in [-0.2, -0.15) is 0 Å². The highest BCUT2D eigenvalue weighted by Crippen LogP contribution is 2.34. The first kappa shape index (κ1) is 14.4. The topological polar surface area (TPSA) is 49.0 Å². The number of fused-ring (bicyclic) bond motifs is 3. The molecule has 1 radical (unpaired) electrons. The quantitative estimate of drug-likeness (QED) is 0.651. The first-order chi connectivity index (χ1) is 10.4. The lowest BCUT2D eigenvalue weighted by molar-refractivity contribution is 0.0915. The molecule has 0 aliphatic rings. The molecule has 3 aromatic carbocycles. The Hall–Kier alpha value is -2.55. The third-order valence-corrected chi connectivity index (χ3v) is 3.61. The van der Waals surface area contributed by atoms with Crippen molar-refractivity contribution in [1.82, 2.24) is 5.32 Å². The van der Waals surface area contributed by atoms with Gasteiger partial charge in [-0.15, -0.1) is 0 Å². The average Bonchev–Trinajstić information content (AvgIpc) is 2.45. The van der Waals surface area contributed by atoms with Gasteiger partial charge >= 0.3 is 0 Å². The Bertz CT molecular complexity index is 876. The van der Waals surface area contributed by atoms with Gasteiger partial charge in [-0.1, -0.05) is 36.4 Å². The minimum atomic E-state index is -0.373. The summed E-state index contributed by atoms with van der Waals surface area (Å²) in [6, 6.07) is 15.1. The zero-order valence-corrected chi connectivity index (χ0v) is 12.9. The van der Waals surface area contributed by atoms with E-state index in [1.165, 1.54) is 0 Å². The summed E-state index contributed by atoms with van der Waals surface area (Å²) in [6.07, 6.45) is 0. The zero-order chi connectivity index (χ0) is 15.9. The smallest absolute Gasteiger partial charge is 0.255 e. The number of carbonyl (C=O) groups excluding carboxylic acids is 1. The van der Waals surface area contributed by atoms with Gasteiger partial charge < -0.3 is 5.32 Å². The van der Waals surface area contributed by atoms with Crippen molar-refractivity contribution in [1.29, 1.82) is 0 Å². The summed E-state index contributed by atoms with van der Waals surface area (Å²) in [4.78, 5) is 12.3. The molecule has 3 rings (SSSR count). The number of carbonyl (C=O) groups is 1. The minimum absolute atomic E-state index is 0.192. The van der Waals surface area contributed by atoms with E-state index in [1.54, 1.807) is 12.1 Å². The van der Waals surface area contributed by atoms with E-state index in [2.05, 4.69) is 5.32 Å². The molecule has 0 saturated heterocycles. The second-order valence-corrected chi connectivity index (χ2v) is 6.53. The van der Waals surface area contributed by atoms with E-state index in [1.807, 2.05) is 57.2 Å². The van der Waals surface area contributed by atoms with Crippen molar-refractivity contribution in [3.8, 4) is 5.75 Å². The lowest BCUT2D eigenvalue weighted by Crippen LogP contribution is -2.40. The highest BCUT2D eigenvalue weighted by molar-refractivity contribution is 6.12. The molecule has 0 saturated carbocycles. The number of amides is 1. The molecule has 3 aromatic rings. The molecule has 0 atom stereocenters. The molecule has 3 nitrogen and oxygen atoms in total. The summed E-state index contributed by atoms with van der Waals surface area (Å²) in [5.74, 6) is -0.544. The van der Waals surface area contributed by atoms with Gasteiger partial charge in [-0.3, -0.25) is 9.90 Å². The number of benzene rings is 3. The van der Waals surface area contributed by atoms with Crippen LogP contribution in [0.5, 0.6) is 5.75 Å². The third-order valence-electron chi connectivity index (χ3n) is 3.61. The van der Waals surface area contributed by atoms with E-state index in [0.29, 0.717) is 5.39 Å². The van der Waals surface area contributed by atoms with Crippen LogP contribution in [-0.4, -0.2) is 11.4 Å². The summed E-state index contributed by atoms with van der Waals surface area (Å²) >= 11 is 0. The molecule has 0 fully saturated rings. The fraction of sp³-hybridized carbons (Fsp3) is 0.211. The molecule has 0 aliphatic heterocycles. The second-order valence-electron chi connectivity index (χ2n) is 6.53. The zero-order valence-electron chi connectivity index (χ0n) is 12.9. The highest BCUT2D eigenvalue weighted by Gasteiger charge is 2.20. The molecule has 22 heavy (non-hydrogen) atoms. The van der Waals surface area contributed by atoms with Crippen LogP contribution in [0.3, 0.4) is 0 Å². The molecule has 0 bridgehead atoms. The van der Waals surface area contributed by atoms with Gasteiger partial charge in [-0.05, 0) is 49.1 Å². The van der Waals surface area contributed by atoms with Crippen molar-refractivity contribution in [3.05, 3.63) is 54.1 Å². The number of hydrogen-bond acceptors (Lipinski definition) is 1. The molecule has 0 spiro atoms. The second kappa shape index (κ2) is 5.02. The van der Waals surface area contributed by atoms with Gasteiger partial charge in [0.2, 0.25) is 0 Å². The number of hydrogen-bond donors (Lipinski definition) is 1. The Morgan fingerprint density at radius 3 is 2.27 bits per heavy atom. The van der Waals surface area contributed by atoms with Gasteiger partial charge in [-0.25, -0.2) is 0 Å². The standard InChI is InChI=1S/C19H18NO2/c1-19(2,3)20-18(22)16-11-10-14-13-7-5-4-6-12(13)8-9-15(14)17(16)21/h4-11H,1-3H3,(H,20,22). The molecule has 0 unspecified atom stereocenters. The summed E-state index contributed by atoms with van der Waals surface area (Å²) in [7, 11) is 0. The molecule has 0 aromatic heterocycles. The maximum Gasteiger partial charge on any atom is 0.255 e. The Labute approximate surface area is 129 Å². The van der Waals surface area contributed by atoms with E-state index in [4.69, 9.17) is 0 Å². The first-order valence-corrected chi connectivity index (χ1v) is 7.31. The van der Waals surface area contributed by atoms with Gasteiger partial charge in [0, 0.05) is 10.9 Å². The van der Waals surface area contributed by atoms with Crippen molar-refractivity contribution >= 4 is 27.5 Å². The van der Waals surface area contributed by atoms with E-state index in [-0.39, 0.29) is 22.8 Å². The summed E-state index contributed by atoms with van der Waals surface area (Å²) in [5.41, 5.74) is -0.181. The van der Waals surface area contributed by atoms with Gasteiger partial charge in [0.15, 0.2) is 5.75 Å². The number of nitrogens with one attached hydrogen (secondary N) is 1. The summed E-state index contributed by atoms with van der Waals surface area (Å²) in [6.45, 7) is 5.68. The molecular formula is C19H18NO2. The molecule has 1 N–H and O–H groups in total. The largest absolute Gasteiger partial charge is 0.347 e. The lowest BCUT2D eigenvalue weighted by Gasteiger charge is -2.20. The van der Waals surface area contributed by atoms with E-state index >= 15 is 0 Å². The first-order valence-electron chi connectivity index (χ1n) is 7.31. The van der Waals surface area contributed by atoms with Crippen LogP contribution in [0.2, 0.25) is 0 Å².